The average molecular weight is 389 g/mol. The summed E-state index contributed by atoms with van der Waals surface area (Å²) >= 11 is 1.01. The molecule has 1 saturated carbocycles. The summed E-state index contributed by atoms with van der Waals surface area (Å²) in [4.78, 5) is 10.8. The van der Waals surface area contributed by atoms with Crippen molar-refractivity contribution in [3.8, 4) is 11.5 Å². The molecule has 9 heteroatoms. The third-order valence-electron chi connectivity index (χ3n) is 4.49. The van der Waals surface area contributed by atoms with E-state index in [0.717, 1.165) is 37.4 Å². The summed E-state index contributed by atoms with van der Waals surface area (Å²) in [6, 6.07) is 5.11. The van der Waals surface area contributed by atoms with Gasteiger partial charge in [-0.25, -0.2) is 0 Å². The zero-order chi connectivity index (χ0) is 19.2. The molecule has 0 spiro atoms. The Bertz CT molecular complexity index is 831. The molecule has 2 aromatic rings. The SMILES string of the molecule is COc1cccc(/C=N/n2c(SCC(=O)[O-])nnc2C2CCCCC2)c1O. The van der Waals surface area contributed by atoms with Crippen LogP contribution in [0.1, 0.15) is 49.4 Å². The summed E-state index contributed by atoms with van der Waals surface area (Å²) in [5.74, 6) is -0.123. The molecule has 1 heterocycles. The number of benzene rings is 1. The number of aliphatic carboxylic acids is 1. The Hall–Kier alpha value is -2.55. The van der Waals surface area contributed by atoms with Crippen molar-refractivity contribution in [2.24, 2.45) is 5.10 Å². The lowest BCUT2D eigenvalue weighted by molar-refractivity contribution is -0.301. The van der Waals surface area contributed by atoms with Crippen LogP contribution >= 0.6 is 11.8 Å². The molecule has 1 N–H and O–H groups in total. The summed E-state index contributed by atoms with van der Waals surface area (Å²) in [6.45, 7) is 0. The molecule has 8 nitrogen and oxygen atoms in total. The van der Waals surface area contributed by atoms with Crippen LogP contribution in [-0.2, 0) is 4.79 Å². The summed E-state index contributed by atoms with van der Waals surface area (Å²) in [5, 5.41) is 34.3. The van der Waals surface area contributed by atoms with Gasteiger partial charge in [0.15, 0.2) is 17.3 Å². The maximum Gasteiger partial charge on any atom is 0.212 e. The topological polar surface area (TPSA) is 113 Å². The molecule has 1 aliphatic carbocycles. The van der Waals surface area contributed by atoms with Gasteiger partial charge in [-0.2, -0.15) is 9.78 Å². The van der Waals surface area contributed by atoms with Crippen molar-refractivity contribution in [1.29, 1.82) is 0 Å². The maximum atomic E-state index is 10.8. The van der Waals surface area contributed by atoms with Crippen LogP contribution in [0, 0.1) is 0 Å². The summed E-state index contributed by atoms with van der Waals surface area (Å²) in [7, 11) is 1.48. The van der Waals surface area contributed by atoms with Crippen molar-refractivity contribution in [3.05, 3.63) is 29.6 Å². The zero-order valence-electron chi connectivity index (χ0n) is 15.0. The molecule has 144 valence electrons. The highest BCUT2D eigenvalue weighted by Crippen LogP contribution is 2.33. The minimum atomic E-state index is -1.18. The molecule has 1 aliphatic rings. The van der Waals surface area contributed by atoms with E-state index in [-0.39, 0.29) is 17.4 Å². The lowest BCUT2D eigenvalue weighted by Gasteiger charge is -2.20. The van der Waals surface area contributed by atoms with E-state index in [1.807, 2.05) is 0 Å². The van der Waals surface area contributed by atoms with Gasteiger partial charge in [0, 0.05) is 17.2 Å². The van der Waals surface area contributed by atoms with Crippen molar-refractivity contribution >= 4 is 23.9 Å². The first-order valence-corrected chi connectivity index (χ1v) is 9.77. The lowest BCUT2D eigenvalue weighted by Crippen LogP contribution is -2.24. The number of phenols is 1. The first-order chi connectivity index (χ1) is 13.1. The number of hydrogen-bond donors (Lipinski definition) is 1. The molecule has 0 bridgehead atoms. The quantitative estimate of drug-likeness (QED) is 0.567. The summed E-state index contributed by atoms with van der Waals surface area (Å²) < 4.78 is 6.68. The lowest BCUT2D eigenvalue weighted by atomic mass is 9.89. The highest BCUT2D eigenvalue weighted by atomic mass is 32.2. The number of thioether (sulfide) groups is 1. The van der Waals surface area contributed by atoms with Gasteiger partial charge in [0.25, 0.3) is 0 Å². The molecule has 1 fully saturated rings. The summed E-state index contributed by atoms with van der Waals surface area (Å²) in [6.07, 6.45) is 6.96. The van der Waals surface area contributed by atoms with Crippen LogP contribution in [0.4, 0.5) is 0 Å². The van der Waals surface area contributed by atoms with Gasteiger partial charge in [-0.3, -0.25) is 0 Å². The largest absolute Gasteiger partial charge is 0.549 e. The van der Waals surface area contributed by atoms with Gasteiger partial charge in [-0.1, -0.05) is 37.1 Å². The Balaban J connectivity index is 1.93. The van der Waals surface area contributed by atoms with E-state index in [9.17, 15) is 15.0 Å². The van der Waals surface area contributed by atoms with E-state index < -0.39 is 5.97 Å². The molecular formula is C18H21N4O4S-. The van der Waals surface area contributed by atoms with Crippen molar-refractivity contribution in [3.63, 3.8) is 0 Å². The zero-order valence-corrected chi connectivity index (χ0v) is 15.8. The maximum absolute atomic E-state index is 10.8. The van der Waals surface area contributed by atoms with Crippen LogP contribution in [0.15, 0.2) is 28.5 Å². The average Bonchev–Trinajstić information content (AvgIpc) is 3.09. The van der Waals surface area contributed by atoms with Crippen LogP contribution in [0.5, 0.6) is 11.5 Å². The fraction of sp³-hybridized carbons (Fsp3) is 0.444. The monoisotopic (exact) mass is 389 g/mol. The van der Waals surface area contributed by atoms with Crippen molar-refractivity contribution in [2.75, 3.05) is 12.9 Å². The van der Waals surface area contributed by atoms with E-state index in [0.29, 0.717) is 22.3 Å². The van der Waals surface area contributed by atoms with Crippen molar-refractivity contribution in [2.45, 2.75) is 43.2 Å². The highest BCUT2D eigenvalue weighted by molar-refractivity contribution is 7.99. The second kappa shape index (κ2) is 8.90. The highest BCUT2D eigenvalue weighted by Gasteiger charge is 2.23. The van der Waals surface area contributed by atoms with Crippen LogP contribution in [0.3, 0.4) is 0 Å². The minimum absolute atomic E-state index is 0.0139. The molecule has 27 heavy (non-hydrogen) atoms. The van der Waals surface area contributed by atoms with Gasteiger partial charge in [-0.05, 0) is 25.0 Å². The smallest absolute Gasteiger partial charge is 0.212 e. The molecule has 0 amide bonds. The fourth-order valence-electron chi connectivity index (χ4n) is 3.14. The first-order valence-electron chi connectivity index (χ1n) is 8.78. The number of phenolic OH excluding ortho intramolecular Hbond substituents is 1. The third-order valence-corrected chi connectivity index (χ3v) is 5.38. The Kier molecular flexibility index (Phi) is 6.33. The second-order valence-electron chi connectivity index (χ2n) is 6.29. The number of carbonyl (C=O) groups excluding carboxylic acids is 1. The van der Waals surface area contributed by atoms with Crippen LogP contribution in [-0.4, -0.2) is 45.0 Å². The van der Waals surface area contributed by atoms with Gasteiger partial charge < -0.3 is 19.7 Å². The molecule has 1 aromatic carbocycles. The van der Waals surface area contributed by atoms with E-state index >= 15 is 0 Å². The molecule has 3 rings (SSSR count). The normalized spacial score (nSPS) is 15.3. The summed E-state index contributed by atoms with van der Waals surface area (Å²) in [5.41, 5.74) is 0.480. The predicted octanol–water partition coefficient (Wildman–Crippen LogP) is 1.76. The van der Waals surface area contributed by atoms with Crippen LogP contribution in [0.25, 0.3) is 0 Å². The third kappa shape index (κ3) is 4.60. The number of carboxylic acid groups (broad SMARTS) is 1. The Labute approximate surface area is 161 Å². The van der Waals surface area contributed by atoms with Crippen LogP contribution < -0.4 is 9.84 Å². The first kappa shape index (κ1) is 19.2. The van der Waals surface area contributed by atoms with Gasteiger partial charge in [0.2, 0.25) is 5.16 Å². The van der Waals surface area contributed by atoms with E-state index in [2.05, 4.69) is 15.3 Å². The van der Waals surface area contributed by atoms with E-state index in [1.165, 1.54) is 19.7 Å². The van der Waals surface area contributed by atoms with Crippen molar-refractivity contribution < 1.29 is 19.7 Å². The van der Waals surface area contributed by atoms with E-state index in [4.69, 9.17) is 4.74 Å². The fourth-order valence-corrected chi connectivity index (χ4v) is 3.75. The Morgan fingerprint density at radius 2 is 2.19 bits per heavy atom. The Morgan fingerprint density at radius 1 is 1.41 bits per heavy atom. The number of aromatic hydroxyl groups is 1. The number of carboxylic acids is 1. The van der Waals surface area contributed by atoms with Crippen molar-refractivity contribution in [1.82, 2.24) is 14.9 Å². The Morgan fingerprint density at radius 3 is 2.89 bits per heavy atom. The number of para-hydroxylation sites is 1. The van der Waals surface area contributed by atoms with Gasteiger partial charge in [-0.15, -0.1) is 10.2 Å². The standard InChI is InChI=1S/C18H22N4O4S/c1-26-14-9-5-8-13(16(14)25)10-19-22-17(12-6-3-2-4-7-12)20-21-18(22)27-11-15(23)24/h5,8-10,12,25H,2-4,6-7,11H2,1H3,(H,23,24)/p-1/b19-10+. The number of nitrogens with zero attached hydrogens (tertiary/aromatic N) is 4. The molecule has 0 aliphatic heterocycles. The molecule has 1 aromatic heterocycles. The second-order valence-corrected chi connectivity index (χ2v) is 7.23. The minimum Gasteiger partial charge on any atom is -0.549 e. The molecule has 0 unspecified atom stereocenters. The molecule has 0 atom stereocenters. The predicted molar refractivity (Wildman–Crippen MR) is 99.2 cm³/mol. The van der Waals surface area contributed by atoms with Gasteiger partial charge in [0.05, 0.1) is 19.3 Å². The molecule has 0 saturated heterocycles. The van der Waals surface area contributed by atoms with Gasteiger partial charge in [0.1, 0.15) is 0 Å². The number of ether oxygens (including phenoxy) is 1. The number of methoxy groups -OCH3 is 1. The number of rotatable bonds is 7. The number of aromatic nitrogens is 3. The van der Waals surface area contributed by atoms with Crippen LogP contribution in [0.2, 0.25) is 0 Å². The van der Waals surface area contributed by atoms with Gasteiger partial charge >= 0.3 is 0 Å². The molecular weight excluding hydrogens is 368 g/mol. The number of carbonyl (C=O) groups is 1. The van der Waals surface area contributed by atoms with E-state index in [1.54, 1.807) is 22.9 Å². The number of hydrogen-bond acceptors (Lipinski definition) is 8. The molecule has 0 radical (unpaired) electrons.